The SMILES string of the molecule is COc1ccc(OC)c([C@H]2[NH2+][C@@H](c3cc(OC)ccc3OC)[C@@H](C)C(C)(O)[C@H]2C)c1. The molecule has 0 amide bonds. The van der Waals surface area contributed by atoms with Crippen LogP contribution < -0.4 is 24.3 Å². The van der Waals surface area contributed by atoms with E-state index in [2.05, 4.69) is 19.2 Å². The van der Waals surface area contributed by atoms with Gasteiger partial charge < -0.3 is 29.4 Å². The van der Waals surface area contributed by atoms with Crippen LogP contribution in [0, 0.1) is 11.8 Å². The Bertz CT molecular complexity index is 812. The summed E-state index contributed by atoms with van der Waals surface area (Å²) in [5.74, 6) is 3.04. The molecule has 164 valence electrons. The number of hydrogen-bond acceptors (Lipinski definition) is 5. The minimum absolute atomic E-state index is 0.0265. The van der Waals surface area contributed by atoms with E-state index in [9.17, 15) is 5.11 Å². The van der Waals surface area contributed by atoms with Crippen molar-refractivity contribution in [2.45, 2.75) is 38.5 Å². The van der Waals surface area contributed by atoms with E-state index in [4.69, 9.17) is 18.9 Å². The molecule has 1 aliphatic rings. The molecule has 6 heteroatoms. The van der Waals surface area contributed by atoms with Crippen molar-refractivity contribution in [2.24, 2.45) is 11.8 Å². The molecule has 0 aromatic heterocycles. The Morgan fingerprint density at radius 3 is 1.47 bits per heavy atom. The summed E-state index contributed by atoms with van der Waals surface area (Å²) in [6.45, 7) is 6.11. The zero-order chi connectivity index (χ0) is 22.1. The predicted octanol–water partition coefficient (Wildman–Crippen LogP) is 3.10. The lowest BCUT2D eigenvalue weighted by molar-refractivity contribution is -0.763. The van der Waals surface area contributed by atoms with Gasteiger partial charge in [0.1, 0.15) is 35.1 Å². The summed E-state index contributed by atoms with van der Waals surface area (Å²) in [7, 11) is 6.65. The van der Waals surface area contributed by atoms with Crippen molar-refractivity contribution in [1.29, 1.82) is 0 Å². The Hall–Kier alpha value is -2.44. The number of rotatable bonds is 6. The minimum Gasteiger partial charge on any atom is -0.497 e. The fourth-order valence-corrected chi connectivity index (χ4v) is 4.64. The monoisotopic (exact) mass is 416 g/mol. The van der Waals surface area contributed by atoms with Gasteiger partial charge in [-0.3, -0.25) is 0 Å². The summed E-state index contributed by atoms with van der Waals surface area (Å²) in [6, 6.07) is 11.5. The standard InChI is InChI=1S/C24H33NO5/c1-14-22(18-12-16(27-4)8-10-20(18)29-6)25-23(15(2)24(14,3)26)19-13-17(28-5)9-11-21(19)30-7/h8-15,22-23,25-26H,1-7H3/p+1/t14-,15+,22-,23+,24?. The van der Waals surface area contributed by atoms with Crippen LogP contribution in [0.1, 0.15) is 44.0 Å². The predicted molar refractivity (Wildman–Crippen MR) is 115 cm³/mol. The minimum atomic E-state index is -0.910. The summed E-state index contributed by atoms with van der Waals surface area (Å²) in [6.07, 6.45) is 0. The van der Waals surface area contributed by atoms with Gasteiger partial charge in [-0.05, 0) is 43.3 Å². The van der Waals surface area contributed by atoms with Gasteiger partial charge >= 0.3 is 0 Å². The van der Waals surface area contributed by atoms with E-state index < -0.39 is 5.60 Å². The molecule has 3 rings (SSSR count). The molecule has 0 bridgehead atoms. The largest absolute Gasteiger partial charge is 0.497 e. The Balaban J connectivity index is 2.13. The van der Waals surface area contributed by atoms with Gasteiger partial charge in [-0.15, -0.1) is 0 Å². The third kappa shape index (κ3) is 3.82. The molecule has 1 heterocycles. The number of piperidine rings is 1. The molecule has 0 radical (unpaired) electrons. The molecular formula is C24H34NO5+. The summed E-state index contributed by atoms with van der Waals surface area (Å²) in [4.78, 5) is 0. The maximum atomic E-state index is 11.6. The van der Waals surface area contributed by atoms with Gasteiger partial charge in [0.15, 0.2) is 0 Å². The van der Waals surface area contributed by atoms with Crippen LogP contribution in [0.5, 0.6) is 23.0 Å². The van der Waals surface area contributed by atoms with Crippen molar-refractivity contribution < 1.29 is 29.4 Å². The molecule has 0 spiro atoms. The van der Waals surface area contributed by atoms with Crippen LogP contribution in [0.15, 0.2) is 36.4 Å². The van der Waals surface area contributed by atoms with Gasteiger partial charge in [-0.1, -0.05) is 13.8 Å². The van der Waals surface area contributed by atoms with Crippen LogP contribution in [0.25, 0.3) is 0 Å². The number of methoxy groups -OCH3 is 4. The second kappa shape index (κ2) is 8.74. The van der Waals surface area contributed by atoms with E-state index in [0.717, 1.165) is 34.1 Å². The molecule has 0 aliphatic carbocycles. The highest BCUT2D eigenvalue weighted by atomic mass is 16.5. The lowest BCUT2D eigenvalue weighted by Gasteiger charge is -2.47. The van der Waals surface area contributed by atoms with E-state index in [0.29, 0.717) is 0 Å². The normalized spacial score (nSPS) is 28.7. The molecule has 5 atom stereocenters. The quantitative estimate of drug-likeness (QED) is 0.757. The molecule has 30 heavy (non-hydrogen) atoms. The first-order valence-electron chi connectivity index (χ1n) is 10.3. The second-order valence-electron chi connectivity index (χ2n) is 8.26. The average Bonchev–Trinajstić information content (AvgIpc) is 2.77. The molecular weight excluding hydrogens is 382 g/mol. The topological polar surface area (TPSA) is 73.8 Å². The highest BCUT2D eigenvalue weighted by molar-refractivity contribution is 5.44. The van der Waals surface area contributed by atoms with Crippen molar-refractivity contribution in [2.75, 3.05) is 28.4 Å². The van der Waals surface area contributed by atoms with Crippen molar-refractivity contribution in [3.8, 4) is 23.0 Å². The van der Waals surface area contributed by atoms with Gasteiger partial charge in [0.25, 0.3) is 0 Å². The first kappa shape index (κ1) is 22.2. The van der Waals surface area contributed by atoms with Gasteiger partial charge in [0, 0.05) is 11.8 Å². The fraction of sp³-hybridized carbons (Fsp3) is 0.500. The average molecular weight is 417 g/mol. The molecule has 6 nitrogen and oxygen atoms in total. The number of nitrogens with two attached hydrogens (primary N) is 1. The lowest BCUT2D eigenvalue weighted by Crippen LogP contribution is -2.93. The van der Waals surface area contributed by atoms with Crippen molar-refractivity contribution >= 4 is 0 Å². The molecule has 1 saturated heterocycles. The van der Waals surface area contributed by atoms with Crippen LogP contribution in [0.2, 0.25) is 0 Å². The maximum Gasteiger partial charge on any atom is 0.128 e. The van der Waals surface area contributed by atoms with Gasteiger partial charge in [-0.2, -0.15) is 0 Å². The zero-order valence-electron chi connectivity index (χ0n) is 18.9. The van der Waals surface area contributed by atoms with Gasteiger partial charge in [0.05, 0.1) is 45.2 Å². The molecule has 2 aromatic carbocycles. The number of aliphatic hydroxyl groups is 1. The van der Waals surface area contributed by atoms with E-state index in [1.54, 1.807) is 28.4 Å². The summed E-state index contributed by atoms with van der Waals surface area (Å²) >= 11 is 0. The number of hydrogen-bond donors (Lipinski definition) is 2. The zero-order valence-corrected chi connectivity index (χ0v) is 18.9. The van der Waals surface area contributed by atoms with Crippen molar-refractivity contribution in [3.05, 3.63) is 47.5 Å². The van der Waals surface area contributed by atoms with E-state index in [1.807, 2.05) is 43.3 Å². The Morgan fingerprint density at radius 2 is 1.13 bits per heavy atom. The van der Waals surface area contributed by atoms with E-state index in [-0.39, 0.29) is 23.9 Å². The summed E-state index contributed by atoms with van der Waals surface area (Å²) < 4.78 is 22.3. The highest BCUT2D eigenvalue weighted by Crippen LogP contribution is 2.46. The van der Waals surface area contributed by atoms with Crippen LogP contribution in [-0.2, 0) is 0 Å². The van der Waals surface area contributed by atoms with Crippen LogP contribution in [-0.4, -0.2) is 39.1 Å². The Labute approximate surface area is 179 Å². The summed E-state index contributed by atoms with van der Waals surface area (Å²) in [5, 5.41) is 13.9. The smallest absolute Gasteiger partial charge is 0.128 e. The number of quaternary nitrogens is 1. The molecule has 1 aliphatic heterocycles. The van der Waals surface area contributed by atoms with Crippen molar-refractivity contribution in [1.82, 2.24) is 0 Å². The first-order chi connectivity index (χ1) is 14.3. The second-order valence-corrected chi connectivity index (χ2v) is 8.26. The summed E-state index contributed by atoms with van der Waals surface area (Å²) in [5.41, 5.74) is 1.10. The molecule has 2 aromatic rings. The van der Waals surface area contributed by atoms with E-state index >= 15 is 0 Å². The van der Waals surface area contributed by atoms with Crippen LogP contribution in [0.3, 0.4) is 0 Å². The molecule has 1 unspecified atom stereocenters. The number of ether oxygens (including phenoxy) is 4. The van der Waals surface area contributed by atoms with Crippen LogP contribution in [0.4, 0.5) is 0 Å². The van der Waals surface area contributed by atoms with Crippen molar-refractivity contribution in [3.63, 3.8) is 0 Å². The lowest BCUT2D eigenvalue weighted by atomic mass is 9.67. The van der Waals surface area contributed by atoms with Crippen LogP contribution >= 0.6 is 0 Å². The highest BCUT2D eigenvalue weighted by Gasteiger charge is 2.52. The number of benzene rings is 2. The third-order valence-corrected chi connectivity index (χ3v) is 6.93. The van der Waals surface area contributed by atoms with Gasteiger partial charge in [0.2, 0.25) is 0 Å². The molecule has 1 fully saturated rings. The Morgan fingerprint density at radius 1 is 0.733 bits per heavy atom. The first-order valence-corrected chi connectivity index (χ1v) is 10.3. The van der Waals surface area contributed by atoms with Gasteiger partial charge in [-0.25, -0.2) is 0 Å². The van der Waals surface area contributed by atoms with E-state index in [1.165, 1.54) is 0 Å². The third-order valence-electron chi connectivity index (χ3n) is 6.93. The molecule has 3 N–H and O–H groups in total. The molecule has 0 saturated carbocycles. The fourth-order valence-electron chi connectivity index (χ4n) is 4.64. The Kier molecular flexibility index (Phi) is 6.48. The maximum absolute atomic E-state index is 11.6.